The van der Waals surface area contributed by atoms with E-state index in [0.717, 1.165) is 5.56 Å². The van der Waals surface area contributed by atoms with Crippen LogP contribution in [0.1, 0.15) is 19.4 Å². The van der Waals surface area contributed by atoms with E-state index >= 15 is 0 Å². The summed E-state index contributed by atoms with van der Waals surface area (Å²) in [7, 11) is -3.51. The molecular weight excluding hydrogens is 380 g/mol. The topological polar surface area (TPSA) is 84.9 Å². The predicted octanol–water partition coefficient (Wildman–Crippen LogP) is 3.10. The Kier molecular flexibility index (Phi) is 6.01. The van der Waals surface area contributed by atoms with Crippen LogP contribution in [0.25, 0.3) is 6.08 Å². The monoisotopic (exact) mass is 402 g/mol. The van der Waals surface area contributed by atoms with Crippen LogP contribution in [0.5, 0.6) is 11.5 Å². The van der Waals surface area contributed by atoms with Crippen molar-refractivity contribution in [3.63, 3.8) is 0 Å². The van der Waals surface area contributed by atoms with Gasteiger partial charge in [0.15, 0.2) is 11.5 Å². The third-order valence-corrected chi connectivity index (χ3v) is 6.35. The summed E-state index contributed by atoms with van der Waals surface area (Å²) in [5, 5.41) is 2.71. The SMILES string of the molecule is CCN(CC)S(=O)(=O)c1ccc(NC(=O)C=Cc2ccc3c(c2)OCO3)cc1. The maximum Gasteiger partial charge on any atom is 0.248 e. The van der Waals surface area contributed by atoms with Crippen LogP contribution in [0.15, 0.2) is 53.4 Å². The molecule has 1 N–H and O–H groups in total. The van der Waals surface area contributed by atoms with Gasteiger partial charge < -0.3 is 14.8 Å². The highest BCUT2D eigenvalue weighted by atomic mass is 32.2. The van der Waals surface area contributed by atoms with Crippen molar-refractivity contribution >= 4 is 27.7 Å². The summed E-state index contributed by atoms with van der Waals surface area (Å²) >= 11 is 0. The minimum Gasteiger partial charge on any atom is -0.454 e. The van der Waals surface area contributed by atoms with Gasteiger partial charge in [-0.05, 0) is 48.0 Å². The van der Waals surface area contributed by atoms with Gasteiger partial charge in [-0.2, -0.15) is 4.31 Å². The minimum absolute atomic E-state index is 0.197. The van der Waals surface area contributed by atoms with Gasteiger partial charge in [0.1, 0.15) is 0 Å². The number of sulfonamides is 1. The molecule has 8 heteroatoms. The second kappa shape index (κ2) is 8.45. The molecule has 0 aromatic heterocycles. The normalized spacial score (nSPS) is 13.2. The van der Waals surface area contributed by atoms with Crippen LogP contribution in [-0.4, -0.2) is 38.5 Å². The first-order chi connectivity index (χ1) is 13.4. The molecule has 0 atom stereocenters. The Morgan fingerprint density at radius 1 is 1.07 bits per heavy atom. The average Bonchev–Trinajstić information content (AvgIpc) is 3.15. The number of nitrogens with one attached hydrogen (secondary N) is 1. The van der Waals surface area contributed by atoms with Crippen molar-refractivity contribution in [2.24, 2.45) is 0 Å². The fraction of sp³-hybridized carbons (Fsp3) is 0.250. The van der Waals surface area contributed by atoms with E-state index in [1.165, 1.54) is 22.5 Å². The molecule has 1 heterocycles. The average molecular weight is 402 g/mol. The van der Waals surface area contributed by atoms with Crippen molar-refractivity contribution in [1.82, 2.24) is 4.31 Å². The third kappa shape index (κ3) is 4.35. The van der Waals surface area contributed by atoms with Crippen molar-refractivity contribution in [3.8, 4) is 11.5 Å². The van der Waals surface area contributed by atoms with Crippen LogP contribution >= 0.6 is 0 Å². The van der Waals surface area contributed by atoms with Gasteiger partial charge in [0, 0.05) is 24.9 Å². The molecule has 1 aliphatic rings. The molecule has 0 aliphatic carbocycles. The van der Waals surface area contributed by atoms with Gasteiger partial charge in [0.25, 0.3) is 0 Å². The number of anilines is 1. The highest BCUT2D eigenvalue weighted by molar-refractivity contribution is 7.89. The number of rotatable bonds is 7. The summed E-state index contributed by atoms with van der Waals surface area (Å²) in [6, 6.07) is 11.5. The smallest absolute Gasteiger partial charge is 0.248 e. The second-order valence-electron chi connectivity index (χ2n) is 6.05. The minimum atomic E-state index is -3.51. The summed E-state index contributed by atoms with van der Waals surface area (Å²) in [5.41, 5.74) is 1.32. The molecule has 7 nitrogen and oxygen atoms in total. The summed E-state index contributed by atoms with van der Waals surface area (Å²) in [6.07, 6.45) is 3.06. The largest absolute Gasteiger partial charge is 0.454 e. The lowest BCUT2D eigenvalue weighted by molar-refractivity contribution is -0.111. The van der Waals surface area contributed by atoms with Crippen LogP contribution < -0.4 is 14.8 Å². The Morgan fingerprint density at radius 2 is 1.75 bits per heavy atom. The number of amides is 1. The van der Waals surface area contributed by atoms with Crippen molar-refractivity contribution in [2.75, 3.05) is 25.2 Å². The number of benzene rings is 2. The third-order valence-electron chi connectivity index (χ3n) is 4.29. The van der Waals surface area contributed by atoms with Crippen LogP contribution in [0.2, 0.25) is 0 Å². The zero-order valence-corrected chi connectivity index (χ0v) is 16.5. The van der Waals surface area contributed by atoms with E-state index in [4.69, 9.17) is 9.47 Å². The van der Waals surface area contributed by atoms with Crippen molar-refractivity contribution in [2.45, 2.75) is 18.7 Å². The van der Waals surface area contributed by atoms with Crippen molar-refractivity contribution in [3.05, 3.63) is 54.1 Å². The van der Waals surface area contributed by atoms with E-state index in [2.05, 4.69) is 5.32 Å². The Morgan fingerprint density at radius 3 is 2.43 bits per heavy atom. The highest BCUT2D eigenvalue weighted by Crippen LogP contribution is 2.32. The van der Waals surface area contributed by atoms with Gasteiger partial charge in [-0.3, -0.25) is 4.79 Å². The number of ether oxygens (including phenoxy) is 2. The fourth-order valence-electron chi connectivity index (χ4n) is 2.80. The van der Waals surface area contributed by atoms with Crippen LogP contribution in [-0.2, 0) is 14.8 Å². The summed E-state index contributed by atoms with van der Waals surface area (Å²) in [6.45, 7) is 4.59. The first kappa shape index (κ1) is 19.9. The van der Waals surface area contributed by atoms with Crippen LogP contribution in [0, 0.1) is 0 Å². The second-order valence-corrected chi connectivity index (χ2v) is 7.99. The molecule has 0 unspecified atom stereocenters. The molecule has 3 rings (SSSR count). The molecule has 2 aromatic carbocycles. The first-order valence-electron chi connectivity index (χ1n) is 8.93. The van der Waals surface area contributed by atoms with Gasteiger partial charge in [0.2, 0.25) is 22.7 Å². The Bertz CT molecular complexity index is 980. The molecule has 2 aromatic rings. The lowest BCUT2D eigenvalue weighted by Gasteiger charge is -2.18. The van der Waals surface area contributed by atoms with Gasteiger partial charge in [-0.1, -0.05) is 19.9 Å². The zero-order valence-electron chi connectivity index (χ0n) is 15.7. The number of nitrogens with zero attached hydrogens (tertiary/aromatic N) is 1. The van der Waals surface area contributed by atoms with Gasteiger partial charge in [0.05, 0.1) is 4.90 Å². The predicted molar refractivity (Wildman–Crippen MR) is 107 cm³/mol. The van der Waals surface area contributed by atoms with Gasteiger partial charge >= 0.3 is 0 Å². The lowest BCUT2D eigenvalue weighted by atomic mass is 10.2. The number of fused-ring (bicyclic) bond motifs is 1. The Labute approximate surface area is 164 Å². The fourth-order valence-corrected chi connectivity index (χ4v) is 4.25. The van der Waals surface area contributed by atoms with Crippen LogP contribution in [0.4, 0.5) is 5.69 Å². The molecule has 0 saturated heterocycles. The van der Waals surface area contributed by atoms with Crippen molar-refractivity contribution in [1.29, 1.82) is 0 Å². The summed E-state index contributed by atoms with van der Waals surface area (Å²) in [5.74, 6) is 1.01. The summed E-state index contributed by atoms with van der Waals surface area (Å²) < 4.78 is 36.9. The van der Waals surface area contributed by atoms with Crippen LogP contribution in [0.3, 0.4) is 0 Å². The highest BCUT2D eigenvalue weighted by Gasteiger charge is 2.21. The maximum absolute atomic E-state index is 12.5. The number of carbonyl (C=O) groups excluding carboxylic acids is 1. The maximum atomic E-state index is 12.5. The lowest BCUT2D eigenvalue weighted by Crippen LogP contribution is -2.30. The quantitative estimate of drug-likeness (QED) is 0.720. The molecule has 0 radical (unpaired) electrons. The Balaban J connectivity index is 1.64. The van der Waals surface area contributed by atoms with Gasteiger partial charge in [-0.25, -0.2) is 8.42 Å². The van der Waals surface area contributed by atoms with E-state index in [1.54, 1.807) is 44.2 Å². The van der Waals surface area contributed by atoms with E-state index in [0.29, 0.717) is 30.3 Å². The molecule has 0 saturated carbocycles. The Hall–Kier alpha value is -2.84. The van der Waals surface area contributed by atoms with Crippen molar-refractivity contribution < 1.29 is 22.7 Å². The van der Waals surface area contributed by atoms with E-state index in [1.807, 2.05) is 6.07 Å². The van der Waals surface area contributed by atoms with E-state index in [9.17, 15) is 13.2 Å². The number of hydrogen-bond acceptors (Lipinski definition) is 5. The molecule has 1 amide bonds. The van der Waals surface area contributed by atoms with Gasteiger partial charge in [-0.15, -0.1) is 0 Å². The molecular formula is C20H22N2O5S. The summed E-state index contributed by atoms with van der Waals surface area (Å²) in [4.78, 5) is 12.3. The molecule has 28 heavy (non-hydrogen) atoms. The first-order valence-corrected chi connectivity index (χ1v) is 10.4. The molecule has 148 valence electrons. The number of hydrogen-bond donors (Lipinski definition) is 1. The molecule has 0 fully saturated rings. The number of carbonyl (C=O) groups is 1. The molecule has 0 spiro atoms. The zero-order chi connectivity index (χ0) is 20.1. The molecule has 0 bridgehead atoms. The van der Waals surface area contributed by atoms with E-state index in [-0.39, 0.29) is 17.6 Å². The molecule has 1 aliphatic heterocycles. The van der Waals surface area contributed by atoms with E-state index < -0.39 is 10.0 Å². The standard InChI is InChI=1S/C20H22N2O5S/c1-3-22(4-2)28(24,25)17-9-7-16(8-10-17)21-20(23)12-6-15-5-11-18-19(13-15)27-14-26-18/h5-13H,3-4,14H2,1-2H3,(H,21,23).